The SMILES string of the molecule is Cn1cncc1CNCCCOCC1CC1. The molecule has 1 fully saturated rings. The van der Waals surface area contributed by atoms with Crippen LogP contribution in [0.3, 0.4) is 0 Å². The molecule has 0 unspecified atom stereocenters. The van der Waals surface area contributed by atoms with Crippen molar-refractivity contribution in [2.45, 2.75) is 25.8 Å². The highest BCUT2D eigenvalue weighted by molar-refractivity contribution is 4.96. The van der Waals surface area contributed by atoms with Gasteiger partial charge in [-0.15, -0.1) is 0 Å². The zero-order chi connectivity index (χ0) is 11.2. The number of hydrogen-bond acceptors (Lipinski definition) is 3. The predicted molar refractivity (Wildman–Crippen MR) is 63.1 cm³/mol. The fourth-order valence-electron chi connectivity index (χ4n) is 1.61. The van der Waals surface area contributed by atoms with Crippen LogP contribution in [0.15, 0.2) is 12.5 Å². The summed E-state index contributed by atoms with van der Waals surface area (Å²) >= 11 is 0. The number of ether oxygens (including phenoxy) is 1. The van der Waals surface area contributed by atoms with Crippen molar-refractivity contribution in [1.82, 2.24) is 14.9 Å². The average molecular weight is 223 g/mol. The number of rotatable bonds is 8. The van der Waals surface area contributed by atoms with Gasteiger partial charge in [-0.3, -0.25) is 0 Å². The van der Waals surface area contributed by atoms with Gasteiger partial charge in [0.05, 0.1) is 12.0 Å². The van der Waals surface area contributed by atoms with E-state index in [2.05, 4.69) is 10.3 Å². The zero-order valence-corrected chi connectivity index (χ0v) is 9.98. The minimum atomic E-state index is 0.877. The molecule has 1 aromatic heterocycles. The van der Waals surface area contributed by atoms with Crippen LogP contribution in [0.1, 0.15) is 25.0 Å². The molecule has 1 saturated carbocycles. The van der Waals surface area contributed by atoms with Crippen molar-refractivity contribution >= 4 is 0 Å². The van der Waals surface area contributed by atoms with Crippen LogP contribution in [0.4, 0.5) is 0 Å². The second-order valence-corrected chi connectivity index (χ2v) is 4.54. The molecule has 0 radical (unpaired) electrons. The molecule has 0 bridgehead atoms. The number of imidazole rings is 1. The van der Waals surface area contributed by atoms with E-state index in [1.54, 1.807) is 0 Å². The quantitative estimate of drug-likeness (QED) is 0.676. The van der Waals surface area contributed by atoms with E-state index in [1.807, 2.05) is 24.1 Å². The first-order chi connectivity index (χ1) is 7.86. The standard InChI is InChI=1S/C12H21N3O/c1-15-10-14-8-12(15)7-13-5-2-6-16-9-11-3-4-11/h8,10-11,13H,2-7,9H2,1H3. The molecule has 0 atom stereocenters. The number of aromatic nitrogens is 2. The van der Waals surface area contributed by atoms with Crippen LogP contribution in [0.2, 0.25) is 0 Å². The van der Waals surface area contributed by atoms with Gasteiger partial charge >= 0.3 is 0 Å². The first-order valence-electron chi connectivity index (χ1n) is 6.10. The van der Waals surface area contributed by atoms with Crippen molar-refractivity contribution in [2.75, 3.05) is 19.8 Å². The smallest absolute Gasteiger partial charge is 0.0945 e. The van der Waals surface area contributed by atoms with Crippen LogP contribution in [-0.4, -0.2) is 29.3 Å². The Morgan fingerprint density at radius 2 is 2.44 bits per heavy atom. The summed E-state index contributed by atoms with van der Waals surface area (Å²) in [6.45, 7) is 3.76. The molecule has 1 aromatic rings. The molecule has 4 nitrogen and oxygen atoms in total. The second kappa shape index (κ2) is 6.01. The summed E-state index contributed by atoms with van der Waals surface area (Å²) in [5, 5.41) is 3.39. The third-order valence-electron chi connectivity index (χ3n) is 2.92. The maximum Gasteiger partial charge on any atom is 0.0945 e. The van der Waals surface area contributed by atoms with Crippen molar-refractivity contribution in [1.29, 1.82) is 0 Å². The van der Waals surface area contributed by atoms with E-state index in [1.165, 1.54) is 18.5 Å². The molecule has 1 aliphatic rings. The van der Waals surface area contributed by atoms with Crippen molar-refractivity contribution in [2.24, 2.45) is 13.0 Å². The highest BCUT2D eigenvalue weighted by Gasteiger charge is 2.20. The molecule has 4 heteroatoms. The lowest BCUT2D eigenvalue weighted by Crippen LogP contribution is -2.18. The average Bonchev–Trinajstić information content (AvgIpc) is 3.01. The predicted octanol–water partition coefficient (Wildman–Crippen LogP) is 1.33. The van der Waals surface area contributed by atoms with Crippen LogP contribution >= 0.6 is 0 Å². The molecule has 0 saturated heterocycles. The molecule has 0 amide bonds. The second-order valence-electron chi connectivity index (χ2n) is 4.54. The van der Waals surface area contributed by atoms with E-state index in [0.717, 1.165) is 38.6 Å². The van der Waals surface area contributed by atoms with Gasteiger partial charge in [-0.05, 0) is 31.7 Å². The van der Waals surface area contributed by atoms with Gasteiger partial charge in [0, 0.05) is 33.0 Å². The summed E-state index contributed by atoms with van der Waals surface area (Å²) in [4.78, 5) is 4.07. The molecular formula is C12H21N3O. The van der Waals surface area contributed by atoms with Gasteiger partial charge in [0.15, 0.2) is 0 Å². The minimum absolute atomic E-state index is 0.877. The summed E-state index contributed by atoms with van der Waals surface area (Å²) in [5.74, 6) is 0.877. The van der Waals surface area contributed by atoms with E-state index in [-0.39, 0.29) is 0 Å². The van der Waals surface area contributed by atoms with Gasteiger partial charge < -0.3 is 14.6 Å². The lowest BCUT2D eigenvalue weighted by molar-refractivity contribution is 0.122. The molecule has 90 valence electrons. The van der Waals surface area contributed by atoms with E-state index in [4.69, 9.17) is 4.74 Å². The van der Waals surface area contributed by atoms with Crippen molar-refractivity contribution < 1.29 is 4.74 Å². The highest BCUT2D eigenvalue weighted by Crippen LogP contribution is 2.28. The summed E-state index contributed by atoms with van der Waals surface area (Å²) in [5.41, 5.74) is 1.22. The number of nitrogens with zero attached hydrogens (tertiary/aromatic N) is 2. The van der Waals surface area contributed by atoms with E-state index >= 15 is 0 Å². The molecule has 1 aliphatic carbocycles. The van der Waals surface area contributed by atoms with Crippen LogP contribution < -0.4 is 5.32 Å². The van der Waals surface area contributed by atoms with Crippen LogP contribution in [0.25, 0.3) is 0 Å². The van der Waals surface area contributed by atoms with Crippen LogP contribution in [0.5, 0.6) is 0 Å². The number of nitrogens with one attached hydrogen (secondary N) is 1. The monoisotopic (exact) mass is 223 g/mol. The maximum absolute atomic E-state index is 5.56. The summed E-state index contributed by atoms with van der Waals surface area (Å²) < 4.78 is 7.60. The molecular weight excluding hydrogens is 202 g/mol. The fraction of sp³-hybridized carbons (Fsp3) is 0.750. The summed E-state index contributed by atoms with van der Waals surface area (Å²) in [6.07, 6.45) is 7.56. The van der Waals surface area contributed by atoms with Crippen molar-refractivity contribution in [3.8, 4) is 0 Å². The Morgan fingerprint density at radius 1 is 1.56 bits per heavy atom. The van der Waals surface area contributed by atoms with Crippen molar-refractivity contribution in [3.05, 3.63) is 18.2 Å². The first-order valence-corrected chi connectivity index (χ1v) is 6.10. The normalized spacial score (nSPS) is 15.6. The van der Waals surface area contributed by atoms with E-state index < -0.39 is 0 Å². The van der Waals surface area contributed by atoms with Crippen LogP contribution in [0, 0.1) is 5.92 Å². The fourth-order valence-corrected chi connectivity index (χ4v) is 1.61. The van der Waals surface area contributed by atoms with Gasteiger partial charge in [0.2, 0.25) is 0 Å². The van der Waals surface area contributed by atoms with Gasteiger partial charge in [0.1, 0.15) is 0 Å². The molecule has 1 N–H and O–H groups in total. The number of hydrogen-bond donors (Lipinski definition) is 1. The largest absolute Gasteiger partial charge is 0.381 e. The highest BCUT2D eigenvalue weighted by atomic mass is 16.5. The Labute approximate surface area is 97.0 Å². The van der Waals surface area contributed by atoms with E-state index in [9.17, 15) is 0 Å². The molecule has 0 aromatic carbocycles. The molecule has 0 spiro atoms. The van der Waals surface area contributed by atoms with Crippen LogP contribution in [-0.2, 0) is 18.3 Å². The number of aryl methyl sites for hydroxylation is 1. The lowest BCUT2D eigenvalue weighted by Gasteiger charge is -2.06. The minimum Gasteiger partial charge on any atom is -0.381 e. The van der Waals surface area contributed by atoms with Gasteiger partial charge in [-0.2, -0.15) is 0 Å². The molecule has 0 aliphatic heterocycles. The zero-order valence-electron chi connectivity index (χ0n) is 9.98. The molecule has 16 heavy (non-hydrogen) atoms. The van der Waals surface area contributed by atoms with Gasteiger partial charge in [-0.1, -0.05) is 0 Å². The third kappa shape index (κ3) is 3.94. The Bertz CT molecular complexity index is 307. The van der Waals surface area contributed by atoms with Gasteiger partial charge in [-0.25, -0.2) is 4.98 Å². The van der Waals surface area contributed by atoms with Crippen molar-refractivity contribution in [3.63, 3.8) is 0 Å². The first kappa shape index (κ1) is 11.6. The Morgan fingerprint density at radius 3 is 3.12 bits per heavy atom. The Balaban J connectivity index is 1.44. The Kier molecular flexibility index (Phi) is 4.36. The maximum atomic E-state index is 5.56. The topological polar surface area (TPSA) is 39.1 Å². The van der Waals surface area contributed by atoms with Gasteiger partial charge in [0.25, 0.3) is 0 Å². The third-order valence-corrected chi connectivity index (χ3v) is 2.92. The molecule has 2 rings (SSSR count). The molecule has 1 heterocycles. The van der Waals surface area contributed by atoms with E-state index in [0.29, 0.717) is 0 Å². The Hall–Kier alpha value is -0.870. The summed E-state index contributed by atoms with van der Waals surface area (Å²) in [6, 6.07) is 0. The lowest BCUT2D eigenvalue weighted by atomic mass is 10.4. The summed E-state index contributed by atoms with van der Waals surface area (Å²) in [7, 11) is 2.02.